The molecule has 0 aromatic rings. The van der Waals surface area contributed by atoms with Crippen LogP contribution >= 0.6 is 0 Å². The van der Waals surface area contributed by atoms with Gasteiger partial charge in [-0.15, -0.1) is 0 Å². The van der Waals surface area contributed by atoms with Gasteiger partial charge in [0.15, 0.2) is 0 Å². The number of ether oxygens (including phenoxy) is 1. The van der Waals surface area contributed by atoms with Gasteiger partial charge in [-0.3, -0.25) is 4.79 Å². The van der Waals surface area contributed by atoms with E-state index in [0.717, 1.165) is 12.8 Å². The standard InChI is InChI=1S/C8H15NO3/c1-5-4-6(2-3-12-5)7(9)8(10)11/h5-7H,2-4,9H2,1H3,(H,10,11). The lowest BCUT2D eigenvalue weighted by atomic mass is 9.89. The zero-order valence-corrected chi connectivity index (χ0v) is 7.19. The maximum atomic E-state index is 10.5. The lowest BCUT2D eigenvalue weighted by molar-refractivity contribution is -0.141. The van der Waals surface area contributed by atoms with Gasteiger partial charge in [0.1, 0.15) is 6.04 Å². The third-order valence-corrected chi connectivity index (χ3v) is 2.32. The number of nitrogens with two attached hydrogens (primary N) is 1. The summed E-state index contributed by atoms with van der Waals surface area (Å²) >= 11 is 0. The summed E-state index contributed by atoms with van der Waals surface area (Å²) in [7, 11) is 0. The van der Waals surface area contributed by atoms with E-state index in [2.05, 4.69) is 0 Å². The largest absolute Gasteiger partial charge is 0.480 e. The average molecular weight is 173 g/mol. The molecule has 0 radical (unpaired) electrons. The van der Waals surface area contributed by atoms with E-state index in [-0.39, 0.29) is 12.0 Å². The lowest BCUT2D eigenvalue weighted by Crippen LogP contribution is -2.42. The van der Waals surface area contributed by atoms with Crippen molar-refractivity contribution in [2.45, 2.75) is 31.9 Å². The Balaban J connectivity index is 2.45. The first-order valence-electron chi connectivity index (χ1n) is 4.21. The normalized spacial score (nSPS) is 32.8. The molecule has 4 nitrogen and oxygen atoms in total. The van der Waals surface area contributed by atoms with E-state index >= 15 is 0 Å². The van der Waals surface area contributed by atoms with Gasteiger partial charge in [-0.05, 0) is 25.7 Å². The van der Waals surface area contributed by atoms with E-state index in [4.69, 9.17) is 15.6 Å². The maximum Gasteiger partial charge on any atom is 0.320 e. The molecule has 1 saturated heterocycles. The van der Waals surface area contributed by atoms with Crippen LogP contribution in [-0.4, -0.2) is 29.8 Å². The summed E-state index contributed by atoms with van der Waals surface area (Å²) in [6.07, 6.45) is 1.67. The zero-order valence-electron chi connectivity index (χ0n) is 7.19. The van der Waals surface area contributed by atoms with Gasteiger partial charge in [0.2, 0.25) is 0 Å². The Morgan fingerprint density at radius 3 is 2.92 bits per heavy atom. The quantitative estimate of drug-likeness (QED) is 0.626. The first-order valence-corrected chi connectivity index (χ1v) is 4.21. The number of hydrogen-bond donors (Lipinski definition) is 2. The van der Waals surface area contributed by atoms with Crippen molar-refractivity contribution in [1.29, 1.82) is 0 Å². The number of carboxylic acid groups (broad SMARTS) is 1. The van der Waals surface area contributed by atoms with Crippen LogP contribution in [0.3, 0.4) is 0 Å². The molecule has 0 amide bonds. The molecule has 1 fully saturated rings. The van der Waals surface area contributed by atoms with Gasteiger partial charge in [0, 0.05) is 6.61 Å². The minimum Gasteiger partial charge on any atom is -0.480 e. The Morgan fingerprint density at radius 1 is 1.75 bits per heavy atom. The molecule has 0 spiro atoms. The fraction of sp³-hybridized carbons (Fsp3) is 0.875. The molecule has 12 heavy (non-hydrogen) atoms. The van der Waals surface area contributed by atoms with Gasteiger partial charge in [0.05, 0.1) is 6.10 Å². The summed E-state index contributed by atoms with van der Waals surface area (Å²) in [5.41, 5.74) is 5.50. The van der Waals surface area contributed by atoms with Crippen molar-refractivity contribution in [3.05, 3.63) is 0 Å². The first kappa shape index (κ1) is 9.48. The van der Waals surface area contributed by atoms with Crippen LogP contribution in [0.5, 0.6) is 0 Å². The van der Waals surface area contributed by atoms with E-state index < -0.39 is 12.0 Å². The highest BCUT2D eigenvalue weighted by Gasteiger charge is 2.28. The summed E-state index contributed by atoms with van der Waals surface area (Å²) < 4.78 is 5.29. The molecule has 70 valence electrons. The monoisotopic (exact) mass is 173 g/mol. The molecule has 1 rings (SSSR count). The molecule has 3 N–H and O–H groups in total. The average Bonchev–Trinajstić information content (AvgIpc) is 2.03. The number of aliphatic carboxylic acids is 1. The smallest absolute Gasteiger partial charge is 0.320 e. The van der Waals surface area contributed by atoms with Gasteiger partial charge in [-0.1, -0.05) is 0 Å². The molecule has 0 bridgehead atoms. The molecule has 0 aromatic heterocycles. The summed E-state index contributed by atoms with van der Waals surface area (Å²) in [6.45, 7) is 2.58. The van der Waals surface area contributed by atoms with Crippen LogP contribution < -0.4 is 5.73 Å². The SMILES string of the molecule is CC1CC(C(N)C(=O)O)CCO1. The number of rotatable bonds is 2. The molecule has 1 aliphatic rings. The maximum absolute atomic E-state index is 10.5. The van der Waals surface area contributed by atoms with Gasteiger partial charge >= 0.3 is 5.97 Å². The molecular weight excluding hydrogens is 158 g/mol. The highest BCUT2D eigenvalue weighted by molar-refractivity contribution is 5.73. The van der Waals surface area contributed by atoms with E-state index in [1.807, 2.05) is 6.92 Å². The first-order chi connectivity index (χ1) is 5.61. The fourth-order valence-electron chi connectivity index (χ4n) is 1.56. The Morgan fingerprint density at radius 2 is 2.42 bits per heavy atom. The summed E-state index contributed by atoms with van der Waals surface area (Å²) in [6, 6.07) is -0.726. The van der Waals surface area contributed by atoms with E-state index in [1.54, 1.807) is 0 Å². The van der Waals surface area contributed by atoms with Crippen LogP contribution in [0.25, 0.3) is 0 Å². The number of carbonyl (C=O) groups is 1. The summed E-state index contributed by atoms with van der Waals surface area (Å²) in [5.74, 6) is -0.833. The second-order valence-electron chi connectivity index (χ2n) is 3.33. The van der Waals surface area contributed by atoms with Gasteiger partial charge in [-0.25, -0.2) is 0 Å². The predicted octanol–water partition coefficient (Wildman–Crippen LogP) is 0.213. The Kier molecular flexibility index (Phi) is 3.05. The van der Waals surface area contributed by atoms with Crippen LogP contribution in [0.15, 0.2) is 0 Å². The molecular formula is C8H15NO3. The van der Waals surface area contributed by atoms with Crippen molar-refractivity contribution in [2.75, 3.05) is 6.61 Å². The third-order valence-electron chi connectivity index (χ3n) is 2.32. The molecule has 0 aromatic carbocycles. The van der Waals surface area contributed by atoms with E-state index in [0.29, 0.717) is 6.61 Å². The second kappa shape index (κ2) is 3.87. The topological polar surface area (TPSA) is 72.6 Å². The van der Waals surface area contributed by atoms with Crippen LogP contribution in [0.4, 0.5) is 0 Å². The minimum atomic E-state index is -0.908. The van der Waals surface area contributed by atoms with Crippen LogP contribution in [0.2, 0.25) is 0 Å². The zero-order chi connectivity index (χ0) is 9.14. The highest BCUT2D eigenvalue weighted by atomic mass is 16.5. The number of carboxylic acids is 1. The Hall–Kier alpha value is -0.610. The molecule has 3 atom stereocenters. The van der Waals surface area contributed by atoms with E-state index in [1.165, 1.54) is 0 Å². The van der Waals surface area contributed by atoms with E-state index in [9.17, 15) is 4.79 Å². The van der Waals surface area contributed by atoms with Crippen molar-refractivity contribution >= 4 is 5.97 Å². The summed E-state index contributed by atoms with van der Waals surface area (Å²) in [4.78, 5) is 10.5. The molecule has 0 aliphatic carbocycles. The minimum absolute atomic E-state index is 0.0752. The molecule has 0 saturated carbocycles. The van der Waals surface area contributed by atoms with Crippen molar-refractivity contribution in [2.24, 2.45) is 11.7 Å². The fourth-order valence-corrected chi connectivity index (χ4v) is 1.56. The Bertz CT molecular complexity index is 172. The lowest BCUT2D eigenvalue weighted by Gasteiger charge is -2.29. The second-order valence-corrected chi connectivity index (χ2v) is 3.33. The summed E-state index contributed by atoms with van der Waals surface area (Å²) in [5, 5.41) is 8.65. The Labute approximate surface area is 71.7 Å². The van der Waals surface area contributed by atoms with Crippen LogP contribution in [0, 0.1) is 5.92 Å². The van der Waals surface area contributed by atoms with Gasteiger partial charge in [-0.2, -0.15) is 0 Å². The molecule has 4 heteroatoms. The number of hydrogen-bond acceptors (Lipinski definition) is 3. The van der Waals surface area contributed by atoms with Crippen LogP contribution in [-0.2, 0) is 9.53 Å². The molecule has 1 heterocycles. The van der Waals surface area contributed by atoms with Crippen molar-refractivity contribution in [1.82, 2.24) is 0 Å². The molecule has 1 aliphatic heterocycles. The van der Waals surface area contributed by atoms with Gasteiger partial charge < -0.3 is 15.6 Å². The molecule has 3 unspecified atom stereocenters. The van der Waals surface area contributed by atoms with Crippen molar-refractivity contribution < 1.29 is 14.6 Å². The predicted molar refractivity (Wildman–Crippen MR) is 43.7 cm³/mol. The van der Waals surface area contributed by atoms with Crippen LogP contribution in [0.1, 0.15) is 19.8 Å². The third kappa shape index (κ3) is 2.19. The van der Waals surface area contributed by atoms with Gasteiger partial charge in [0.25, 0.3) is 0 Å². The highest BCUT2D eigenvalue weighted by Crippen LogP contribution is 2.22. The van der Waals surface area contributed by atoms with Crippen molar-refractivity contribution in [3.63, 3.8) is 0 Å². The van der Waals surface area contributed by atoms with Crippen molar-refractivity contribution in [3.8, 4) is 0 Å².